The zero-order valence-corrected chi connectivity index (χ0v) is 12.3. The topological polar surface area (TPSA) is 75.6 Å². The third kappa shape index (κ3) is 5.01. The molecule has 1 aromatic carbocycles. The van der Waals surface area contributed by atoms with Gasteiger partial charge in [-0.3, -0.25) is 4.79 Å². The molecule has 5 nitrogen and oxygen atoms in total. The molecule has 0 unspecified atom stereocenters. The molecule has 1 aromatic rings. The number of aliphatic carboxylic acids is 1. The molecule has 23 heavy (non-hydrogen) atoms. The Labute approximate surface area is 130 Å². The SMILES string of the molecule is C=C[C@@](C)(COc1ccccc1)[C@H](NC(=O)C(F)(F)F)C(=O)O. The van der Waals surface area contributed by atoms with Crippen molar-refractivity contribution in [1.82, 2.24) is 5.32 Å². The van der Waals surface area contributed by atoms with Gasteiger partial charge in [0, 0.05) is 0 Å². The summed E-state index contributed by atoms with van der Waals surface area (Å²) in [7, 11) is 0. The summed E-state index contributed by atoms with van der Waals surface area (Å²) in [6.07, 6.45) is -4.04. The summed E-state index contributed by atoms with van der Waals surface area (Å²) >= 11 is 0. The minimum atomic E-state index is -5.18. The van der Waals surface area contributed by atoms with Gasteiger partial charge in [0.15, 0.2) is 0 Å². The van der Waals surface area contributed by atoms with E-state index in [1.807, 2.05) is 0 Å². The van der Waals surface area contributed by atoms with Gasteiger partial charge in [-0.15, -0.1) is 6.58 Å². The van der Waals surface area contributed by atoms with Crippen LogP contribution in [0.15, 0.2) is 43.0 Å². The molecule has 0 aliphatic carbocycles. The molecule has 0 aromatic heterocycles. The van der Waals surface area contributed by atoms with Gasteiger partial charge in [-0.1, -0.05) is 31.2 Å². The molecule has 1 amide bonds. The van der Waals surface area contributed by atoms with Crippen LogP contribution in [0.5, 0.6) is 5.75 Å². The van der Waals surface area contributed by atoms with Crippen LogP contribution in [0.1, 0.15) is 6.92 Å². The van der Waals surface area contributed by atoms with Crippen LogP contribution in [0.2, 0.25) is 0 Å². The van der Waals surface area contributed by atoms with Crippen molar-refractivity contribution < 1.29 is 32.6 Å². The highest BCUT2D eigenvalue weighted by molar-refractivity contribution is 5.87. The fourth-order valence-electron chi connectivity index (χ4n) is 1.74. The Hall–Kier alpha value is -2.51. The highest BCUT2D eigenvalue weighted by Gasteiger charge is 2.46. The average Bonchev–Trinajstić information content (AvgIpc) is 2.49. The van der Waals surface area contributed by atoms with Crippen molar-refractivity contribution in [3.63, 3.8) is 0 Å². The summed E-state index contributed by atoms with van der Waals surface area (Å²) in [6.45, 7) is 4.49. The van der Waals surface area contributed by atoms with Crippen molar-refractivity contribution in [3.05, 3.63) is 43.0 Å². The first-order valence-corrected chi connectivity index (χ1v) is 6.52. The van der Waals surface area contributed by atoms with Crippen LogP contribution in [0.4, 0.5) is 13.2 Å². The number of para-hydroxylation sites is 1. The van der Waals surface area contributed by atoms with Gasteiger partial charge in [0.2, 0.25) is 0 Å². The second-order valence-electron chi connectivity index (χ2n) is 5.05. The number of nitrogens with one attached hydrogen (secondary N) is 1. The Morgan fingerprint density at radius 2 is 1.91 bits per heavy atom. The normalized spacial score (nSPS) is 15.1. The van der Waals surface area contributed by atoms with Gasteiger partial charge < -0.3 is 15.2 Å². The number of carboxylic acids is 1. The van der Waals surface area contributed by atoms with Gasteiger partial charge in [0.1, 0.15) is 11.8 Å². The first kappa shape index (κ1) is 18.5. The van der Waals surface area contributed by atoms with E-state index in [-0.39, 0.29) is 6.61 Å². The Morgan fingerprint density at radius 1 is 1.35 bits per heavy atom. The molecule has 2 atom stereocenters. The van der Waals surface area contributed by atoms with Crippen molar-refractivity contribution in [3.8, 4) is 5.75 Å². The average molecular weight is 331 g/mol. The summed E-state index contributed by atoms with van der Waals surface area (Å²) in [4.78, 5) is 22.3. The maximum atomic E-state index is 12.4. The number of amides is 1. The molecule has 0 aliphatic heterocycles. The molecular formula is C15H16F3NO4. The Balaban J connectivity index is 2.93. The largest absolute Gasteiger partial charge is 0.493 e. The van der Waals surface area contributed by atoms with Crippen molar-refractivity contribution >= 4 is 11.9 Å². The van der Waals surface area contributed by atoms with Crippen molar-refractivity contribution in [2.75, 3.05) is 6.61 Å². The molecule has 0 saturated heterocycles. The molecule has 0 saturated carbocycles. The van der Waals surface area contributed by atoms with E-state index in [0.717, 1.165) is 6.08 Å². The second-order valence-corrected chi connectivity index (χ2v) is 5.05. The molecule has 126 valence electrons. The number of hydrogen-bond acceptors (Lipinski definition) is 3. The van der Waals surface area contributed by atoms with E-state index in [0.29, 0.717) is 5.75 Å². The van der Waals surface area contributed by atoms with E-state index in [2.05, 4.69) is 6.58 Å². The van der Waals surface area contributed by atoms with Gasteiger partial charge in [-0.2, -0.15) is 13.2 Å². The molecule has 8 heteroatoms. The lowest BCUT2D eigenvalue weighted by atomic mass is 9.83. The molecule has 0 spiro atoms. The van der Waals surface area contributed by atoms with E-state index >= 15 is 0 Å². The summed E-state index contributed by atoms with van der Waals surface area (Å²) in [5.74, 6) is -3.55. The molecule has 0 radical (unpaired) electrons. The van der Waals surface area contributed by atoms with E-state index in [1.165, 1.54) is 12.2 Å². The number of alkyl halides is 3. The van der Waals surface area contributed by atoms with Gasteiger partial charge in [0.25, 0.3) is 0 Å². The summed E-state index contributed by atoms with van der Waals surface area (Å²) in [5, 5.41) is 10.6. The highest BCUT2D eigenvalue weighted by atomic mass is 19.4. The first-order valence-electron chi connectivity index (χ1n) is 6.52. The van der Waals surface area contributed by atoms with Gasteiger partial charge in [-0.25, -0.2) is 4.79 Å². The van der Waals surface area contributed by atoms with E-state index in [4.69, 9.17) is 9.84 Å². The quantitative estimate of drug-likeness (QED) is 0.752. The lowest BCUT2D eigenvalue weighted by Gasteiger charge is -2.32. The van der Waals surface area contributed by atoms with Crippen LogP contribution in [0.3, 0.4) is 0 Å². The third-order valence-electron chi connectivity index (χ3n) is 3.20. The number of rotatable bonds is 7. The second kappa shape index (κ2) is 7.17. The fraction of sp³-hybridized carbons (Fsp3) is 0.333. The van der Waals surface area contributed by atoms with E-state index in [9.17, 15) is 22.8 Å². The Kier molecular flexibility index (Phi) is 5.78. The van der Waals surface area contributed by atoms with Crippen LogP contribution < -0.4 is 10.1 Å². The van der Waals surface area contributed by atoms with E-state index in [1.54, 1.807) is 30.3 Å². The first-order chi connectivity index (χ1) is 10.6. The number of hydrogen-bond donors (Lipinski definition) is 2. The maximum Gasteiger partial charge on any atom is 0.471 e. The third-order valence-corrected chi connectivity index (χ3v) is 3.20. The number of carboxylic acid groups (broad SMARTS) is 1. The van der Waals surface area contributed by atoms with Crippen LogP contribution in [-0.4, -0.2) is 35.8 Å². The molecule has 0 bridgehead atoms. The van der Waals surface area contributed by atoms with Crippen LogP contribution >= 0.6 is 0 Å². The van der Waals surface area contributed by atoms with Crippen molar-refractivity contribution in [1.29, 1.82) is 0 Å². The summed E-state index contributed by atoms with van der Waals surface area (Å²) < 4.78 is 42.5. The maximum absolute atomic E-state index is 12.4. The monoisotopic (exact) mass is 331 g/mol. The standard InChI is InChI=1S/C15H16F3NO4/c1-3-14(2,9-23-10-7-5-4-6-8-10)11(12(20)21)19-13(22)15(16,17)18/h3-8,11H,1,9H2,2H3,(H,19,22)(H,20,21)/t11-,14+/m1/s1. The summed E-state index contributed by atoms with van der Waals surface area (Å²) in [5.41, 5.74) is -1.46. The minimum Gasteiger partial charge on any atom is -0.493 e. The predicted octanol–water partition coefficient (Wildman–Crippen LogP) is 2.39. The Bertz CT molecular complexity index is 574. The van der Waals surface area contributed by atoms with Crippen molar-refractivity contribution in [2.24, 2.45) is 5.41 Å². The fourth-order valence-corrected chi connectivity index (χ4v) is 1.74. The molecule has 0 fully saturated rings. The number of benzene rings is 1. The highest BCUT2D eigenvalue weighted by Crippen LogP contribution is 2.26. The van der Waals surface area contributed by atoms with Gasteiger partial charge >= 0.3 is 18.1 Å². The lowest BCUT2D eigenvalue weighted by Crippen LogP contribution is -2.55. The van der Waals surface area contributed by atoms with Crippen molar-refractivity contribution in [2.45, 2.75) is 19.1 Å². The zero-order valence-electron chi connectivity index (χ0n) is 12.3. The summed E-state index contributed by atoms with van der Waals surface area (Å²) in [6, 6.07) is 6.46. The lowest BCUT2D eigenvalue weighted by molar-refractivity contribution is -0.176. The smallest absolute Gasteiger partial charge is 0.471 e. The van der Waals surface area contributed by atoms with E-state index < -0.39 is 29.5 Å². The number of halogens is 3. The van der Waals surface area contributed by atoms with Crippen LogP contribution in [-0.2, 0) is 9.59 Å². The van der Waals surface area contributed by atoms with Crippen LogP contribution in [0, 0.1) is 5.41 Å². The van der Waals surface area contributed by atoms with Gasteiger partial charge in [0.05, 0.1) is 12.0 Å². The van der Waals surface area contributed by atoms with Gasteiger partial charge in [-0.05, 0) is 12.1 Å². The number of ether oxygens (including phenoxy) is 1. The van der Waals surface area contributed by atoms with Crippen LogP contribution in [0.25, 0.3) is 0 Å². The number of carbonyl (C=O) groups excluding carboxylic acids is 1. The molecule has 0 aliphatic rings. The number of carbonyl (C=O) groups is 2. The molecule has 0 heterocycles. The minimum absolute atomic E-state index is 0.282. The molecular weight excluding hydrogens is 315 g/mol. The molecule has 2 N–H and O–H groups in total. The predicted molar refractivity (Wildman–Crippen MR) is 75.9 cm³/mol. The Morgan fingerprint density at radius 3 is 2.35 bits per heavy atom. The zero-order chi connectivity index (χ0) is 17.7. The molecule has 1 rings (SSSR count).